The first-order chi connectivity index (χ1) is 14.4. The van der Waals surface area contributed by atoms with Gasteiger partial charge in [-0.1, -0.05) is 60.1 Å². The summed E-state index contributed by atoms with van der Waals surface area (Å²) in [7, 11) is -3.87. The van der Waals surface area contributed by atoms with Crippen LogP contribution in [0.1, 0.15) is 11.1 Å². The molecule has 0 saturated heterocycles. The smallest absolute Gasteiger partial charge is 0.234 e. The molecule has 0 amide bonds. The Morgan fingerprint density at radius 3 is 2.30 bits per heavy atom. The first-order valence-corrected chi connectivity index (χ1v) is 11.2. The van der Waals surface area contributed by atoms with Gasteiger partial charge in [0.1, 0.15) is 0 Å². The highest BCUT2D eigenvalue weighted by atomic mass is 35.5. The zero-order valence-corrected chi connectivity index (χ0v) is 17.7. The highest BCUT2D eigenvalue weighted by Gasteiger charge is 2.28. The van der Waals surface area contributed by atoms with Gasteiger partial charge < -0.3 is 9.73 Å². The molecule has 1 N–H and O–H groups in total. The molecule has 0 bridgehead atoms. The Morgan fingerprint density at radius 2 is 1.60 bits per heavy atom. The molecule has 1 heterocycles. The maximum atomic E-state index is 13.3. The molecule has 5 nitrogen and oxygen atoms in total. The molecule has 0 unspecified atom stereocenters. The van der Waals surface area contributed by atoms with Crippen molar-refractivity contribution in [2.45, 2.75) is 23.4 Å². The number of benzene rings is 3. The van der Waals surface area contributed by atoms with E-state index in [2.05, 4.69) is 10.3 Å². The third-order valence-corrected chi connectivity index (χ3v) is 6.58. The van der Waals surface area contributed by atoms with Gasteiger partial charge in [-0.3, -0.25) is 0 Å². The number of oxazole rings is 1. The second kappa shape index (κ2) is 8.34. The predicted octanol–water partition coefficient (Wildman–Crippen LogP) is 5.75. The van der Waals surface area contributed by atoms with E-state index in [1.807, 2.05) is 43.3 Å². The molecule has 3 aromatic carbocycles. The summed E-state index contributed by atoms with van der Waals surface area (Å²) >= 11 is 5.94. The Morgan fingerprint density at radius 1 is 0.933 bits per heavy atom. The van der Waals surface area contributed by atoms with Crippen LogP contribution in [0, 0.1) is 6.92 Å². The van der Waals surface area contributed by atoms with Crippen LogP contribution in [0.2, 0.25) is 5.02 Å². The number of hydrogen-bond acceptors (Lipinski definition) is 5. The summed E-state index contributed by atoms with van der Waals surface area (Å²) in [5.41, 5.74) is 2.60. The molecular formula is C23H19ClN2O3S. The third kappa shape index (κ3) is 4.10. The molecular weight excluding hydrogens is 420 g/mol. The summed E-state index contributed by atoms with van der Waals surface area (Å²) in [5, 5.41) is 3.58. The Balaban J connectivity index is 1.77. The molecule has 30 heavy (non-hydrogen) atoms. The van der Waals surface area contributed by atoms with Crippen LogP contribution >= 0.6 is 11.6 Å². The molecule has 4 rings (SSSR count). The SMILES string of the molecule is Cc1ccccc1-c1nc(S(=O)(=O)c2ccccc2)c(NCc2ccc(Cl)cc2)o1. The number of aryl methyl sites for hydroxylation is 1. The molecule has 0 fully saturated rings. The molecule has 0 saturated carbocycles. The van der Waals surface area contributed by atoms with Crippen molar-refractivity contribution in [1.82, 2.24) is 4.98 Å². The lowest BCUT2D eigenvalue weighted by Gasteiger charge is -2.06. The van der Waals surface area contributed by atoms with Crippen LogP contribution in [0.3, 0.4) is 0 Å². The summed E-state index contributed by atoms with van der Waals surface area (Å²) < 4.78 is 32.4. The number of nitrogens with zero attached hydrogens (tertiary/aromatic N) is 1. The maximum Gasteiger partial charge on any atom is 0.234 e. The molecule has 0 aliphatic heterocycles. The van der Waals surface area contributed by atoms with Crippen LogP contribution in [0.15, 0.2) is 93.2 Å². The molecule has 7 heteroatoms. The van der Waals surface area contributed by atoms with Gasteiger partial charge >= 0.3 is 0 Å². The molecule has 152 valence electrons. The van der Waals surface area contributed by atoms with Crippen LogP contribution in [-0.4, -0.2) is 13.4 Å². The van der Waals surface area contributed by atoms with E-state index in [9.17, 15) is 8.42 Å². The van der Waals surface area contributed by atoms with E-state index in [4.69, 9.17) is 16.0 Å². The average Bonchev–Trinajstić information content (AvgIpc) is 3.19. The molecule has 4 aromatic rings. The molecule has 0 spiro atoms. The fraction of sp³-hybridized carbons (Fsp3) is 0.0870. The normalized spacial score (nSPS) is 11.4. The number of rotatable bonds is 6. The minimum atomic E-state index is -3.87. The first-order valence-electron chi connectivity index (χ1n) is 9.30. The van der Waals surface area contributed by atoms with Gasteiger partial charge in [0.05, 0.1) is 4.90 Å². The van der Waals surface area contributed by atoms with Crippen molar-refractivity contribution >= 4 is 27.3 Å². The highest BCUT2D eigenvalue weighted by Crippen LogP contribution is 2.33. The number of sulfone groups is 1. The molecule has 0 radical (unpaired) electrons. The van der Waals surface area contributed by atoms with Gasteiger partial charge in [-0.05, 0) is 48.4 Å². The van der Waals surface area contributed by atoms with Gasteiger partial charge in [0.2, 0.25) is 26.6 Å². The lowest BCUT2D eigenvalue weighted by Crippen LogP contribution is -2.07. The zero-order valence-electron chi connectivity index (χ0n) is 16.2. The van der Waals surface area contributed by atoms with Crippen molar-refractivity contribution in [2.24, 2.45) is 0 Å². The second-order valence-electron chi connectivity index (χ2n) is 6.76. The monoisotopic (exact) mass is 438 g/mol. The number of nitrogens with one attached hydrogen (secondary N) is 1. The lowest BCUT2D eigenvalue weighted by atomic mass is 10.1. The molecule has 0 aliphatic rings. The fourth-order valence-electron chi connectivity index (χ4n) is 3.02. The van der Waals surface area contributed by atoms with E-state index in [0.717, 1.165) is 16.7 Å². The topological polar surface area (TPSA) is 72.2 Å². The minimum Gasteiger partial charge on any atom is -0.419 e. The molecule has 0 aliphatic carbocycles. The van der Waals surface area contributed by atoms with E-state index >= 15 is 0 Å². The Kier molecular flexibility index (Phi) is 5.61. The van der Waals surface area contributed by atoms with Gasteiger partial charge in [0.25, 0.3) is 0 Å². The molecule has 1 aromatic heterocycles. The Bertz CT molecular complexity index is 1270. The summed E-state index contributed by atoms with van der Waals surface area (Å²) in [6, 6.07) is 23.0. The van der Waals surface area contributed by atoms with Crippen molar-refractivity contribution in [2.75, 3.05) is 5.32 Å². The van der Waals surface area contributed by atoms with Crippen molar-refractivity contribution in [3.05, 3.63) is 95.0 Å². The lowest BCUT2D eigenvalue weighted by molar-refractivity contribution is 0.576. The number of hydrogen-bond donors (Lipinski definition) is 1. The van der Waals surface area contributed by atoms with E-state index in [-0.39, 0.29) is 21.7 Å². The predicted molar refractivity (Wildman–Crippen MR) is 117 cm³/mol. The van der Waals surface area contributed by atoms with E-state index < -0.39 is 9.84 Å². The van der Waals surface area contributed by atoms with Crippen molar-refractivity contribution in [1.29, 1.82) is 0 Å². The van der Waals surface area contributed by atoms with Crippen LogP contribution in [0.5, 0.6) is 0 Å². The van der Waals surface area contributed by atoms with Crippen molar-refractivity contribution < 1.29 is 12.8 Å². The van der Waals surface area contributed by atoms with Gasteiger partial charge in [0.15, 0.2) is 0 Å². The van der Waals surface area contributed by atoms with Gasteiger partial charge in [-0.25, -0.2) is 8.42 Å². The largest absolute Gasteiger partial charge is 0.419 e. The summed E-state index contributed by atoms with van der Waals surface area (Å²) in [6.07, 6.45) is 0. The second-order valence-corrected chi connectivity index (χ2v) is 9.07. The van der Waals surface area contributed by atoms with Crippen molar-refractivity contribution in [3.63, 3.8) is 0 Å². The van der Waals surface area contributed by atoms with Crippen LogP contribution in [0.4, 0.5) is 5.88 Å². The molecule has 0 atom stereocenters. The van der Waals surface area contributed by atoms with Crippen LogP contribution in [0.25, 0.3) is 11.5 Å². The number of halogens is 1. The Hall–Kier alpha value is -3.09. The fourth-order valence-corrected chi connectivity index (χ4v) is 4.45. The minimum absolute atomic E-state index is 0.104. The van der Waals surface area contributed by atoms with Crippen LogP contribution in [-0.2, 0) is 16.4 Å². The van der Waals surface area contributed by atoms with E-state index in [1.165, 1.54) is 0 Å². The van der Waals surface area contributed by atoms with Gasteiger partial charge in [-0.15, -0.1) is 0 Å². The van der Waals surface area contributed by atoms with E-state index in [0.29, 0.717) is 11.6 Å². The number of aromatic nitrogens is 1. The van der Waals surface area contributed by atoms with Crippen molar-refractivity contribution in [3.8, 4) is 11.5 Å². The standard InChI is InChI=1S/C23H19ClN2O3S/c1-16-7-5-6-10-20(16)21-26-23(30(27,28)19-8-3-2-4-9-19)22(29-21)25-15-17-11-13-18(24)14-12-17/h2-14,25H,15H2,1H3. The third-order valence-electron chi connectivity index (χ3n) is 4.65. The number of anilines is 1. The van der Waals surface area contributed by atoms with Gasteiger partial charge in [-0.2, -0.15) is 4.98 Å². The van der Waals surface area contributed by atoms with Crippen LogP contribution < -0.4 is 5.32 Å². The Labute approximate surface area is 180 Å². The zero-order chi connectivity index (χ0) is 21.1. The maximum absolute atomic E-state index is 13.3. The quantitative estimate of drug-likeness (QED) is 0.415. The summed E-state index contributed by atoms with van der Waals surface area (Å²) in [4.78, 5) is 4.53. The van der Waals surface area contributed by atoms with E-state index in [1.54, 1.807) is 42.5 Å². The first kappa shape index (κ1) is 20.2. The highest BCUT2D eigenvalue weighted by molar-refractivity contribution is 7.91. The van der Waals surface area contributed by atoms with Gasteiger partial charge in [0, 0.05) is 17.1 Å². The average molecular weight is 439 g/mol. The summed E-state index contributed by atoms with van der Waals surface area (Å²) in [6.45, 7) is 2.28. The summed E-state index contributed by atoms with van der Waals surface area (Å²) in [5.74, 6) is 0.355.